The predicted molar refractivity (Wildman–Crippen MR) is 90.2 cm³/mol. The second kappa shape index (κ2) is 5.13. The van der Waals surface area contributed by atoms with E-state index >= 15 is 0 Å². The van der Waals surface area contributed by atoms with Crippen LogP contribution in [0.5, 0.6) is 5.75 Å². The van der Waals surface area contributed by atoms with Crippen molar-refractivity contribution in [1.29, 1.82) is 0 Å². The van der Waals surface area contributed by atoms with Crippen LogP contribution in [-0.2, 0) is 11.8 Å². The fraction of sp³-hybridized carbons (Fsp3) is 0.600. The Morgan fingerprint density at radius 1 is 1.41 bits per heavy atom. The van der Waals surface area contributed by atoms with Crippen molar-refractivity contribution in [2.24, 2.45) is 5.92 Å². The Hall–Kier alpha value is -1.28. The minimum Gasteiger partial charge on any atom is -0.508 e. The highest BCUT2D eigenvalue weighted by Gasteiger charge is 2.55. The minimum absolute atomic E-state index is 0.312. The molecule has 22 heavy (non-hydrogen) atoms. The van der Waals surface area contributed by atoms with E-state index in [-0.39, 0.29) is 0 Å². The summed E-state index contributed by atoms with van der Waals surface area (Å²) in [5.74, 6) is 1.20. The maximum Gasteiger partial charge on any atom is 0.115 e. The monoisotopic (exact) mass is 297 g/mol. The predicted octanol–water partition coefficient (Wildman–Crippen LogP) is 4.03. The Morgan fingerprint density at radius 3 is 3.09 bits per heavy atom. The van der Waals surface area contributed by atoms with E-state index in [0.29, 0.717) is 23.2 Å². The van der Waals surface area contributed by atoms with Gasteiger partial charge in [-0.25, -0.2) is 0 Å². The van der Waals surface area contributed by atoms with Crippen LogP contribution in [0, 0.1) is 5.92 Å². The van der Waals surface area contributed by atoms with Crippen LogP contribution in [0.1, 0.15) is 50.2 Å². The molecule has 2 nitrogen and oxygen atoms in total. The van der Waals surface area contributed by atoms with Gasteiger partial charge in [-0.05, 0) is 61.8 Å². The Labute approximate surface area is 133 Å². The molecule has 0 unspecified atom stereocenters. The van der Waals surface area contributed by atoms with E-state index in [4.69, 9.17) is 0 Å². The third-order valence-corrected chi connectivity index (χ3v) is 6.61. The number of phenolic OH excluding ortho intramolecular Hbond substituents is 1. The maximum atomic E-state index is 10.1. The van der Waals surface area contributed by atoms with Crippen molar-refractivity contribution in [1.82, 2.24) is 4.90 Å². The van der Waals surface area contributed by atoms with E-state index in [1.807, 2.05) is 6.07 Å². The summed E-state index contributed by atoms with van der Waals surface area (Å²) >= 11 is 0. The summed E-state index contributed by atoms with van der Waals surface area (Å²) in [6.07, 6.45) is 9.80. The van der Waals surface area contributed by atoms with Crippen LogP contribution in [0.3, 0.4) is 0 Å². The molecule has 118 valence electrons. The van der Waals surface area contributed by atoms with Crippen molar-refractivity contribution in [2.45, 2.75) is 62.9 Å². The van der Waals surface area contributed by atoms with Gasteiger partial charge in [0.1, 0.15) is 5.75 Å². The van der Waals surface area contributed by atoms with Gasteiger partial charge in [0.2, 0.25) is 0 Å². The molecule has 0 spiro atoms. The first kappa shape index (κ1) is 14.3. The van der Waals surface area contributed by atoms with E-state index in [1.165, 1.54) is 43.2 Å². The zero-order valence-corrected chi connectivity index (χ0v) is 13.6. The lowest BCUT2D eigenvalue weighted by Crippen LogP contribution is -2.63. The van der Waals surface area contributed by atoms with Crippen molar-refractivity contribution < 1.29 is 5.11 Å². The summed E-state index contributed by atoms with van der Waals surface area (Å²) in [4.78, 5) is 2.69. The maximum absolute atomic E-state index is 10.1. The SMILES string of the molecule is C=CCN1[C@H](C)C[C@]23CCCC[C@H]2[C@H]1Cc1ccc(O)cc13. The van der Waals surface area contributed by atoms with Gasteiger partial charge in [-0.2, -0.15) is 0 Å². The van der Waals surface area contributed by atoms with Gasteiger partial charge < -0.3 is 5.11 Å². The van der Waals surface area contributed by atoms with E-state index in [1.54, 1.807) is 0 Å². The van der Waals surface area contributed by atoms with Gasteiger partial charge in [0.05, 0.1) is 0 Å². The summed E-state index contributed by atoms with van der Waals surface area (Å²) in [6.45, 7) is 7.37. The molecular formula is C20H27NO. The van der Waals surface area contributed by atoms with Crippen LogP contribution < -0.4 is 0 Å². The lowest BCUT2D eigenvalue weighted by atomic mass is 9.51. The van der Waals surface area contributed by atoms with E-state index in [2.05, 4.69) is 36.6 Å². The number of hydrogen-bond acceptors (Lipinski definition) is 2. The van der Waals surface area contributed by atoms with Gasteiger partial charge in [0.15, 0.2) is 0 Å². The normalized spacial score (nSPS) is 37.2. The van der Waals surface area contributed by atoms with Crippen molar-refractivity contribution in [2.75, 3.05) is 6.54 Å². The van der Waals surface area contributed by atoms with Crippen LogP contribution in [0.2, 0.25) is 0 Å². The number of benzene rings is 1. The molecule has 4 rings (SSSR count). The lowest BCUT2D eigenvalue weighted by Gasteiger charge is -2.61. The van der Waals surface area contributed by atoms with E-state index < -0.39 is 0 Å². The van der Waals surface area contributed by atoms with Crippen molar-refractivity contribution >= 4 is 0 Å². The van der Waals surface area contributed by atoms with Crippen LogP contribution in [0.15, 0.2) is 30.9 Å². The molecule has 1 saturated carbocycles. The molecule has 2 heteroatoms. The summed E-state index contributed by atoms with van der Waals surface area (Å²) < 4.78 is 0. The van der Waals surface area contributed by atoms with Gasteiger partial charge in [-0.15, -0.1) is 6.58 Å². The Kier molecular flexibility index (Phi) is 3.34. The Bertz CT molecular complexity index is 595. The highest BCUT2D eigenvalue weighted by molar-refractivity contribution is 5.45. The second-order valence-electron chi connectivity index (χ2n) is 7.66. The first-order valence-electron chi connectivity index (χ1n) is 8.85. The number of phenols is 1. The standard InChI is InChI=1S/C20H27NO/c1-3-10-21-14(2)13-20-9-5-4-6-17(20)19(21)11-15-7-8-16(22)12-18(15)20/h3,7-8,12,14,17,19,22H,1,4-6,9-11,13H2,2H3/t14-,17+,19-,20-/m1/s1. The van der Waals surface area contributed by atoms with Crippen molar-refractivity contribution in [3.05, 3.63) is 42.0 Å². The van der Waals surface area contributed by atoms with Crippen molar-refractivity contribution in [3.8, 4) is 5.75 Å². The molecule has 0 aromatic heterocycles. The van der Waals surface area contributed by atoms with Crippen LogP contribution in [0.25, 0.3) is 0 Å². The Morgan fingerprint density at radius 2 is 2.27 bits per heavy atom. The topological polar surface area (TPSA) is 23.5 Å². The number of nitrogens with zero attached hydrogens (tertiary/aromatic N) is 1. The molecule has 2 fully saturated rings. The second-order valence-corrected chi connectivity index (χ2v) is 7.66. The van der Waals surface area contributed by atoms with Crippen LogP contribution >= 0.6 is 0 Å². The average Bonchev–Trinajstić information content (AvgIpc) is 2.51. The lowest BCUT2D eigenvalue weighted by molar-refractivity contribution is -0.0366. The Balaban J connectivity index is 1.86. The largest absolute Gasteiger partial charge is 0.508 e. The molecule has 0 amide bonds. The summed E-state index contributed by atoms with van der Waals surface area (Å²) in [5.41, 5.74) is 3.26. The highest BCUT2D eigenvalue weighted by atomic mass is 16.3. The van der Waals surface area contributed by atoms with Crippen LogP contribution in [-0.4, -0.2) is 28.6 Å². The number of likely N-dealkylation sites (tertiary alicyclic amines) is 1. The molecule has 1 aromatic rings. The van der Waals surface area contributed by atoms with Gasteiger partial charge in [-0.1, -0.05) is 25.0 Å². The van der Waals surface area contributed by atoms with Gasteiger partial charge in [0, 0.05) is 24.0 Å². The summed E-state index contributed by atoms with van der Waals surface area (Å²) in [7, 11) is 0. The molecule has 3 aliphatic rings. The third kappa shape index (κ3) is 1.89. The fourth-order valence-electron chi connectivity index (χ4n) is 5.88. The first-order chi connectivity index (χ1) is 10.7. The summed E-state index contributed by atoms with van der Waals surface area (Å²) in [5, 5.41) is 10.1. The molecule has 2 bridgehead atoms. The van der Waals surface area contributed by atoms with Gasteiger partial charge >= 0.3 is 0 Å². The molecule has 1 saturated heterocycles. The fourth-order valence-corrected chi connectivity index (χ4v) is 5.88. The molecule has 1 aliphatic heterocycles. The highest BCUT2D eigenvalue weighted by Crippen LogP contribution is 2.57. The molecule has 1 N–H and O–H groups in total. The zero-order valence-electron chi connectivity index (χ0n) is 13.6. The molecule has 4 atom stereocenters. The van der Waals surface area contributed by atoms with E-state index in [9.17, 15) is 5.11 Å². The number of fused-ring (bicyclic) bond motifs is 1. The zero-order chi connectivity index (χ0) is 15.3. The minimum atomic E-state index is 0.312. The molecule has 1 aromatic carbocycles. The van der Waals surface area contributed by atoms with Gasteiger partial charge in [0.25, 0.3) is 0 Å². The quantitative estimate of drug-likeness (QED) is 0.833. The van der Waals surface area contributed by atoms with E-state index in [0.717, 1.165) is 18.9 Å². The van der Waals surface area contributed by atoms with Crippen molar-refractivity contribution in [3.63, 3.8) is 0 Å². The number of hydrogen-bond donors (Lipinski definition) is 1. The number of piperidine rings is 1. The number of rotatable bonds is 2. The molecule has 2 aliphatic carbocycles. The average molecular weight is 297 g/mol. The third-order valence-electron chi connectivity index (χ3n) is 6.61. The molecule has 0 radical (unpaired) electrons. The first-order valence-corrected chi connectivity index (χ1v) is 8.85. The molecular weight excluding hydrogens is 270 g/mol. The molecule has 1 heterocycles. The van der Waals surface area contributed by atoms with Gasteiger partial charge in [-0.3, -0.25) is 4.90 Å². The summed E-state index contributed by atoms with van der Waals surface area (Å²) in [6, 6.07) is 7.38. The van der Waals surface area contributed by atoms with Crippen LogP contribution in [0.4, 0.5) is 0 Å². The smallest absolute Gasteiger partial charge is 0.115 e. The number of aromatic hydroxyl groups is 1.